The normalized spacial score (nSPS) is 16.7. The van der Waals surface area contributed by atoms with E-state index in [2.05, 4.69) is 34.6 Å². The van der Waals surface area contributed by atoms with Crippen molar-refractivity contribution in [3.8, 4) is 0 Å². The second kappa shape index (κ2) is 6.35. The third kappa shape index (κ3) is 4.37. The van der Waals surface area contributed by atoms with Crippen LogP contribution in [0.15, 0.2) is 0 Å². The predicted molar refractivity (Wildman–Crippen MR) is 61.3 cm³/mol. The average Bonchev–Trinajstić information content (AvgIpc) is 2.14. The molecule has 0 saturated heterocycles. The van der Waals surface area contributed by atoms with Crippen molar-refractivity contribution < 1.29 is 0 Å². The molecule has 14 heavy (non-hydrogen) atoms. The highest BCUT2D eigenvalue weighted by Gasteiger charge is 2.17. The van der Waals surface area contributed by atoms with Crippen LogP contribution in [0.25, 0.3) is 0 Å². The molecule has 0 amide bonds. The van der Waals surface area contributed by atoms with Gasteiger partial charge < -0.3 is 0 Å². The van der Waals surface area contributed by atoms with Gasteiger partial charge in [0.05, 0.1) is 0 Å². The first-order valence-corrected chi connectivity index (χ1v) is 5.44. The molecule has 0 heterocycles. The summed E-state index contributed by atoms with van der Waals surface area (Å²) in [7, 11) is 0. The topological polar surface area (TPSA) is 58.5 Å². The van der Waals surface area contributed by atoms with Crippen LogP contribution in [0.1, 0.15) is 41.0 Å². The van der Waals surface area contributed by atoms with Gasteiger partial charge in [-0.05, 0) is 34.1 Å². The fraction of sp³-hybridized carbons (Fsp3) is 1.00. The Morgan fingerprint density at radius 3 is 1.86 bits per heavy atom. The Morgan fingerprint density at radius 1 is 1.00 bits per heavy atom. The zero-order valence-corrected chi connectivity index (χ0v) is 10.2. The lowest BCUT2D eigenvalue weighted by atomic mass is 10.1. The van der Waals surface area contributed by atoms with Gasteiger partial charge in [0.2, 0.25) is 0 Å². The maximum atomic E-state index is 5.92. The highest BCUT2D eigenvalue weighted by atomic mass is 15.4. The lowest BCUT2D eigenvalue weighted by molar-refractivity contribution is 0.119. The monoisotopic (exact) mass is 202 g/mol. The molecule has 0 aromatic rings. The minimum absolute atomic E-state index is 0.364. The summed E-state index contributed by atoms with van der Waals surface area (Å²) in [5, 5.41) is 3.74. The van der Waals surface area contributed by atoms with Gasteiger partial charge >= 0.3 is 0 Å². The Balaban J connectivity index is 3.98. The summed E-state index contributed by atoms with van der Waals surface area (Å²) in [4.78, 5) is 0. The van der Waals surface area contributed by atoms with Crippen LogP contribution in [0.2, 0.25) is 0 Å². The van der Waals surface area contributed by atoms with Crippen LogP contribution in [-0.4, -0.2) is 34.7 Å². The number of hydrazine groups is 2. The third-order valence-electron chi connectivity index (χ3n) is 2.72. The van der Waals surface area contributed by atoms with E-state index in [-0.39, 0.29) is 0 Å². The van der Waals surface area contributed by atoms with Gasteiger partial charge in [-0.3, -0.25) is 11.7 Å². The van der Waals surface area contributed by atoms with Crippen molar-refractivity contribution in [3.05, 3.63) is 0 Å². The molecular weight excluding hydrogens is 176 g/mol. The molecule has 86 valence electrons. The Labute approximate surface area is 88.2 Å². The maximum absolute atomic E-state index is 5.92. The number of hydrogen-bond donors (Lipinski definition) is 2. The second-order valence-corrected chi connectivity index (χ2v) is 4.31. The first kappa shape index (κ1) is 13.8. The summed E-state index contributed by atoms with van der Waals surface area (Å²) in [5.74, 6) is 11.7. The summed E-state index contributed by atoms with van der Waals surface area (Å²) in [6.45, 7) is 11.4. The van der Waals surface area contributed by atoms with Crippen LogP contribution < -0.4 is 11.7 Å². The molecular formula is C10H26N4. The predicted octanol–water partition coefficient (Wildman–Crippen LogP) is 0.933. The largest absolute Gasteiger partial charge is 0.269 e. The smallest absolute Gasteiger partial charge is 0.0231 e. The van der Waals surface area contributed by atoms with E-state index in [0.29, 0.717) is 18.1 Å². The van der Waals surface area contributed by atoms with Crippen molar-refractivity contribution in [2.75, 3.05) is 6.54 Å². The van der Waals surface area contributed by atoms with Gasteiger partial charge in [-0.1, -0.05) is 6.92 Å². The SMILES string of the molecule is CCN(N)C(C)CC(C)N(N)C(C)C. The third-order valence-corrected chi connectivity index (χ3v) is 2.72. The Hall–Kier alpha value is -0.160. The minimum Gasteiger partial charge on any atom is -0.269 e. The molecule has 0 aliphatic heterocycles. The van der Waals surface area contributed by atoms with E-state index < -0.39 is 0 Å². The Kier molecular flexibility index (Phi) is 6.27. The fourth-order valence-electron chi connectivity index (χ4n) is 1.57. The zero-order valence-electron chi connectivity index (χ0n) is 10.2. The van der Waals surface area contributed by atoms with Crippen LogP contribution in [-0.2, 0) is 0 Å². The lowest BCUT2D eigenvalue weighted by Gasteiger charge is -2.32. The maximum Gasteiger partial charge on any atom is 0.0231 e. The number of nitrogens with zero attached hydrogens (tertiary/aromatic N) is 2. The molecule has 0 rings (SSSR count). The van der Waals surface area contributed by atoms with Crippen LogP contribution in [0.3, 0.4) is 0 Å². The van der Waals surface area contributed by atoms with Crippen molar-refractivity contribution >= 4 is 0 Å². The summed E-state index contributed by atoms with van der Waals surface area (Å²) < 4.78 is 0. The number of nitrogens with two attached hydrogens (primary N) is 2. The second-order valence-electron chi connectivity index (χ2n) is 4.31. The number of rotatable bonds is 6. The van der Waals surface area contributed by atoms with E-state index in [1.807, 2.05) is 10.0 Å². The molecule has 0 fully saturated rings. The molecule has 0 saturated carbocycles. The summed E-state index contributed by atoms with van der Waals surface area (Å²) in [6.07, 6.45) is 0.999. The van der Waals surface area contributed by atoms with E-state index >= 15 is 0 Å². The van der Waals surface area contributed by atoms with E-state index in [4.69, 9.17) is 11.7 Å². The van der Waals surface area contributed by atoms with Crippen LogP contribution in [0.5, 0.6) is 0 Å². The summed E-state index contributed by atoms with van der Waals surface area (Å²) in [5.41, 5.74) is 0. The molecule has 0 spiro atoms. The van der Waals surface area contributed by atoms with Gasteiger partial charge in [0, 0.05) is 24.7 Å². The highest BCUT2D eigenvalue weighted by molar-refractivity contribution is 4.71. The number of hydrogen-bond acceptors (Lipinski definition) is 4. The van der Waals surface area contributed by atoms with Crippen molar-refractivity contribution in [3.63, 3.8) is 0 Å². The molecule has 2 unspecified atom stereocenters. The van der Waals surface area contributed by atoms with Crippen LogP contribution in [0.4, 0.5) is 0 Å². The standard InChI is InChI=1S/C10H26N4/c1-6-13(11)9(4)7-10(5)14(12)8(2)3/h8-10H,6-7,11-12H2,1-5H3. The van der Waals surface area contributed by atoms with Crippen molar-refractivity contribution in [1.82, 2.24) is 10.0 Å². The van der Waals surface area contributed by atoms with Crippen LogP contribution >= 0.6 is 0 Å². The van der Waals surface area contributed by atoms with Crippen LogP contribution in [0, 0.1) is 0 Å². The molecule has 4 nitrogen and oxygen atoms in total. The van der Waals surface area contributed by atoms with Crippen molar-refractivity contribution in [2.45, 2.75) is 59.2 Å². The van der Waals surface area contributed by atoms with E-state index in [1.165, 1.54) is 0 Å². The molecule has 4 N–H and O–H groups in total. The average molecular weight is 202 g/mol. The van der Waals surface area contributed by atoms with Crippen molar-refractivity contribution in [1.29, 1.82) is 0 Å². The van der Waals surface area contributed by atoms with Gasteiger partial charge in [0.1, 0.15) is 0 Å². The molecule has 0 aromatic heterocycles. The molecule has 0 aliphatic rings. The first-order valence-electron chi connectivity index (χ1n) is 5.44. The van der Waals surface area contributed by atoms with E-state index in [1.54, 1.807) is 0 Å². The van der Waals surface area contributed by atoms with Gasteiger partial charge in [-0.2, -0.15) is 0 Å². The van der Waals surface area contributed by atoms with Gasteiger partial charge in [0.15, 0.2) is 0 Å². The highest BCUT2D eigenvalue weighted by Crippen LogP contribution is 2.08. The molecule has 0 aromatic carbocycles. The molecule has 4 heteroatoms. The fourth-order valence-corrected chi connectivity index (χ4v) is 1.57. The van der Waals surface area contributed by atoms with E-state index in [0.717, 1.165) is 13.0 Å². The van der Waals surface area contributed by atoms with Gasteiger partial charge in [-0.15, -0.1) is 0 Å². The van der Waals surface area contributed by atoms with E-state index in [9.17, 15) is 0 Å². The zero-order chi connectivity index (χ0) is 11.3. The first-order chi connectivity index (χ1) is 6.40. The molecule has 0 radical (unpaired) electrons. The molecule has 0 aliphatic carbocycles. The Morgan fingerprint density at radius 2 is 1.50 bits per heavy atom. The van der Waals surface area contributed by atoms with Gasteiger partial charge in [-0.25, -0.2) is 10.0 Å². The molecule has 2 atom stereocenters. The summed E-state index contributed by atoms with van der Waals surface area (Å²) >= 11 is 0. The lowest BCUT2D eigenvalue weighted by Crippen LogP contribution is -2.48. The summed E-state index contributed by atoms with van der Waals surface area (Å²) in [6, 6.07) is 1.12. The molecule has 0 bridgehead atoms. The quantitative estimate of drug-likeness (QED) is 0.497. The minimum atomic E-state index is 0.364. The Bertz CT molecular complexity index is 149. The van der Waals surface area contributed by atoms with Gasteiger partial charge in [0.25, 0.3) is 0 Å². The van der Waals surface area contributed by atoms with Crippen molar-refractivity contribution in [2.24, 2.45) is 11.7 Å².